The monoisotopic (exact) mass is 188 g/mol. The molecule has 0 bridgehead atoms. The molecule has 0 heterocycles. The lowest BCUT2D eigenvalue weighted by molar-refractivity contribution is -0.119. The van der Waals surface area contributed by atoms with E-state index in [1.807, 2.05) is 11.9 Å². The molecular weight excluding hydrogens is 168 g/mol. The Balaban J connectivity index is 3.48. The Morgan fingerprint density at radius 3 is 2.69 bits per heavy atom. The van der Waals surface area contributed by atoms with E-state index in [1.54, 1.807) is 0 Å². The minimum Gasteiger partial charge on any atom is -0.390 e. The molecular formula is C9H20N2O2. The van der Waals surface area contributed by atoms with Crippen molar-refractivity contribution in [3.63, 3.8) is 0 Å². The number of carbonyl (C=O) groups excluding carboxylic acids is 1. The van der Waals surface area contributed by atoms with E-state index >= 15 is 0 Å². The molecule has 0 aliphatic heterocycles. The maximum Gasteiger partial charge on any atom is 0.216 e. The topological polar surface area (TPSA) is 52.6 Å². The van der Waals surface area contributed by atoms with Crippen LogP contribution in [-0.2, 0) is 4.79 Å². The van der Waals surface area contributed by atoms with Crippen molar-refractivity contribution >= 4 is 5.91 Å². The van der Waals surface area contributed by atoms with Crippen LogP contribution in [0.1, 0.15) is 20.3 Å². The predicted molar refractivity (Wildman–Crippen MR) is 52.5 cm³/mol. The minimum absolute atomic E-state index is 0.0998. The van der Waals surface area contributed by atoms with Crippen LogP contribution in [0.2, 0.25) is 0 Å². The molecule has 0 aromatic heterocycles. The molecule has 0 fully saturated rings. The summed E-state index contributed by atoms with van der Waals surface area (Å²) in [5.74, 6) is -0.0998. The summed E-state index contributed by atoms with van der Waals surface area (Å²) in [6, 6.07) is 0. The van der Waals surface area contributed by atoms with Crippen molar-refractivity contribution in [2.45, 2.75) is 26.4 Å². The number of rotatable bonds is 6. The Labute approximate surface area is 79.9 Å². The van der Waals surface area contributed by atoms with E-state index in [-0.39, 0.29) is 5.91 Å². The highest BCUT2D eigenvalue weighted by Gasteiger charge is 2.07. The largest absolute Gasteiger partial charge is 0.390 e. The van der Waals surface area contributed by atoms with Crippen LogP contribution in [0, 0.1) is 0 Å². The number of nitrogens with zero attached hydrogens (tertiary/aromatic N) is 1. The first-order chi connectivity index (χ1) is 6.06. The summed E-state index contributed by atoms with van der Waals surface area (Å²) in [6.07, 6.45) is 0.601. The fourth-order valence-electron chi connectivity index (χ4n) is 1.16. The highest BCUT2D eigenvalue weighted by atomic mass is 16.3. The highest BCUT2D eigenvalue weighted by molar-refractivity contribution is 5.72. The van der Waals surface area contributed by atoms with Gasteiger partial charge < -0.3 is 15.3 Å². The molecule has 0 rings (SSSR count). The summed E-state index contributed by atoms with van der Waals surface area (Å²) in [4.78, 5) is 12.6. The van der Waals surface area contributed by atoms with Gasteiger partial charge in [-0.05, 0) is 20.0 Å². The minimum atomic E-state index is -0.472. The van der Waals surface area contributed by atoms with Crippen molar-refractivity contribution in [3.05, 3.63) is 0 Å². The van der Waals surface area contributed by atoms with Gasteiger partial charge in [0, 0.05) is 20.0 Å². The molecule has 0 saturated carbocycles. The lowest BCUT2D eigenvalue weighted by Crippen LogP contribution is -2.38. The van der Waals surface area contributed by atoms with Crippen molar-refractivity contribution < 1.29 is 9.90 Å². The first-order valence-electron chi connectivity index (χ1n) is 4.67. The first-order valence-corrected chi connectivity index (χ1v) is 4.67. The Hall–Kier alpha value is -0.610. The van der Waals surface area contributed by atoms with Gasteiger partial charge in [0.1, 0.15) is 0 Å². The van der Waals surface area contributed by atoms with Crippen molar-refractivity contribution in [1.82, 2.24) is 10.2 Å². The molecule has 1 atom stereocenters. The van der Waals surface area contributed by atoms with E-state index in [0.29, 0.717) is 13.1 Å². The molecule has 0 aromatic carbocycles. The summed E-state index contributed by atoms with van der Waals surface area (Å²) in [6.45, 7) is 5.45. The van der Waals surface area contributed by atoms with Gasteiger partial charge in [-0.15, -0.1) is 0 Å². The average molecular weight is 188 g/mol. The zero-order valence-electron chi connectivity index (χ0n) is 8.71. The molecule has 0 radical (unpaired) electrons. The maximum atomic E-state index is 10.5. The smallest absolute Gasteiger partial charge is 0.216 e. The number of aliphatic hydroxyl groups excluding tert-OH is 1. The number of hydrogen-bond donors (Lipinski definition) is 2. The molecule has 1 amide bonds. The van der Waals surface area contributed by atoms with E-state index in [4.69, 9.17) is 0 Å². The van der Waals surface area contributed by atoms with Crippen molar-refractivity contribution in [2.75, 3.05) is 26.7 Å². The fraction of sp³-hybridized carbons (Fsp3) is 0.889. The van der Waals surface area contributed by atoms with Gasteiger partial charge >= 0.3 is 0 Å². The highest BCUT2D eigenvalue weighted by Crippen LogP contribution is 1.90. The zero-order valence-corrected chi connectivity index (χ0v) is 8.71. The Kier molecular flexibility index (Phi) is 6.54. The van der Waals surface area contributed by atoms with E-state index in [9.17, 15) is 9.90 Å². The third-order valence-corrected chi connectivity index (χ3v) is 1.71. The van der Waals surface area contributed by atoms with Gasteiger partial charge in [-0.1, -0.05) is 6.92 Å². The van der Waals surface area contributed by atoms with Crippen LogP contribution in [0.3, 0.4) is 0 Å². The number of aliphatic hydroxyl groups is 1. The lowest BCUT2D eigenvalue weighted by atomic mass is 10.3. The third-order valence-electron chi connectivity index (χ3n) is 1.71. The molecule has 2 N–H and O–H groups in total. The van der Waals surface area contributed by atoms with Gasteiger partial charge in [-0.2, -0.15) is 0 Å². The molecule has 0 aromatic rings. The number of hydrogen-bond acceptors (Lipinski definition) is 3. The zero-order chi connectivity index (χ0) is 10.3. The molecule has 4 nitrogen and oxygen atoms in total. The van der Waals surface area contributed by atoms with Crippen molar-refractivity contribution in [1.29, 1.82) is 0 Å². The average Bonchev–Trinajstić information content (AvgIpc) is 2.01. The summed E-state index contributed by atoms with van der Waals surface area (Å²) in [5, 5.41) is 12.0. The number of nitrogens with one attached hydrogen (secondary N) is 1. The van der Waals surface area contributed by atoms with Gasteiger partial charge in [0.2, 0.25) is 5.91 Å². The van der Waals surface area contributed by atoms with Crippen LogP contribution < -0.4 is 5.32 Å². The quantitative estimate of drug-likeness (QED) is 0.608. The van der Waals surface area contributed by atoms with E-state index in [1.165, 1.54) is 6.92 Å². The van der Waals surface area contributed by atoms with E-state index in [0.717, 1.165) is 13.0 Å². The predicted octanol–water partition coefficient (Wildman–Crippen LogP) is -0.175. The van der Waals surface area contributed by atoms with Gasteiger partial charge in [0.25, 0.3) is 0 Å². The van der Waals surface area contributed by atoms with Crippen LogP contribution in [0.15, 0.2) is 0 Å². The van der Waals surface area contributed by atoms with Crippen molar-refractivity contribution in [3.8, 4) is 0 Å². The first kappa shape index (κ1) is 12.4. The molecule has 78 valence electrons. The standard InChI is InChI=1S/C9H20N2O2/c1-4-5-11(3)7-9(13)6-10-8(2)12/h9,13H,4-7H2,1-3H3,(H,10,12). The lowest BCUT2D eigenvalue weighted by Gasteiger charge is -2.19. The molecule has 13 heavy (non-hydrogen) atoms. The van der Waals surface area contributed by atoms with Gasteiger partial charge in [-0.25, -0.2) is 0 Å². The van der Waals surface area contributed by atoms with Gasteiger partial charge in [0.15, 0.2) is 0 Å². The van der Waals surface area contributed by atoms with Crippen LogP contribution >= 0.6 is 0 Å². The van der Waals surface area contributed by atoms with E-state index < -0.39 is 6.10 Å². The normalized spacial score (nSPS) is 13.0. The van der Waals surface area contributed by atoms with Crippen LogP contribution in [0.25, 0.3) is 0 Å². The third kappa shape index (κ3) is 7.74. The van der Waals surface area contributed by atoms with Crippen LogP contribution in [-0.4, -0.2) is 48.7 Å². The Morgan fingerprint density at radius 2 is 2.23 bits per heavy atom. The number of amides is 1. The summed E-state index contributed by atoms with van der Waals surface area (Å²) < 4.78 is 0. The second-order valence-corrected chi connectivity index (χ2v) is 3.35. The number of carbonyl (C=O) groups is 1. The Morgan fingerprint density at radius 1 is 1.62 bits per heavy atom. The second-order valence-electron chi connectivity index (χ2n) is 3.35. The molecule has 4 heteroatoms. The SMILES string of the molecule is CCCN(C)CC(O)CNC(C)=O. The summed E-state index contributed by atoms with van der Waals surface area (Å²) in [5.41, 5.74) is 0. The van der Waals surface area contributed by atoms with Gasteiger partial charge in [-0.3, -0.25) is 4.79 Å². The molecule has 0 spiro atoms. The maximum absolute atomic E-state index is 10.5. The molecule has 1 unspecified atom stereocenters. The van der Waals surface area contributed by atoms with Gasteiger partial charge in [0.05, 0.1) is 6.10 Å². The van der Waals surface area contributed by atoms with E-state index in [2.05, 4.69) is 12.2 Å². The van der Waals surface area contributed by atoms with Crippen LogP contribution in [0.5, 0.6) is 0 Å². The molecule has 0 aliphatic rings. The second kappa shape index (κ2) is 6.86. The summed E-state index contributed by atoms with van der Waals surface area (Å²) >= 11 is 0. The Bertz CT molecular complexity index is 151. The number of likely N-dealkylation sites (N-methyl/N-ethyl adjacent to an activating group) is 1. The summed E-state index contributed by atoms with van der Waals surface area (Å²) in [7, 11) is 1.96. The van der Waals surface area contributed by atoms with Crippen LogP contribution in [0.4, 0.5) is 0 Å². The fourth-order valence-corrected chi connectivity index (χ4v) is 1.16. The molecule has 0 saturated heterocycles. The molecule has 0 aliphatic carbocycles. The van der Waals surface area contributed by atoms with Crippen molar-refractivity contribution in [2.24, 2.45) is 0 Å².